The Kier molecular flexibility index (Phi) is 7.29. The summed E-state index contributed by atoms with van der Waals surface area (Å²) in [6.07, 6.45) is 4.72. The van der Waals surface area contributed by atoms with Crippen LogP contribution in [0, 0.1) is 5.92 Å². The lowest BCUT2D eigenvalue weighted by molar-refractivity contribution is -0.133. The van der Waals surface area contributed by atoms with E-state index in [9.17, 15) is 14.4 Å². The van der Waals surface area contributed by atoms with Crippen LogP contribution in [0.25, 0.3) is 0 Å². The quantitative estimate of drug-likeness (QED) is 0.828. The van der Waals surface area contributed by atoms with Crippen molar-refractivity contribution < 1.29 is 14.4 Å². The third-order valence-electron chi connectivity index (χ3n) is 5.86. The molecule has 0 saturated carbocycles. The topological polar surface area (TPSA) is 69.7 Å². The molecule has 0 radical (unpaired) electrons. The maximum Gasteiger partial charge on any atom is 0.254 e. The predicted octanol–water partition coefficient (Wildman–Crippen LogP) is 2.83. The van der Waals surface area contributed by atoms with E-state index >= 15 is 0 Å². The summed E-state index contributed by atoms with van der Waals surface area (Å²) in [7, 11) is 0. The number of piperidine rings is 2. The summed E-state index contributed by atoms with van der Waals surface area (Å²) in [5.41, 5.74) is 0.629. The zero-order chi connectivity index (χ0) is 20.8. The second-order valence-corrected chi connectivity index (χ2v) is 8.64. The van der Waals surface area contributed by atoms with E-state index in [1.165, 1.54) is 0 Å². The fourth-order valence-electron chi connectivity index (χ4n) is 4.24. The third-order valence-corrected chi connectivity index (χ3v) is 5.86. The van der Waals surface area contributed by atoms with E-state index in [2.05, 4.69) is 19.2 Å². The summed E-state index contributed by atoms with van der Waals surface area (Å²) in [5.74, 6) is 0.441. The van der Waals surface area contributed by atoms with Crippen molar-refractivity contribution in [2.75, 3.05) is 19.6 Å². The number of likely N-dealkylation sites (tertiary alicyclic amines) is 2. The highest BCUT2D eigenvalue weighted by Crippen LogP contribution is 2.21. The van der Waals surface area contributed by atoms with Crippen LogP contribution >= 0.6 is 0 Å². The molecule has 0 aromatic heterocycles. The van der Waals surface area contributed by atoms with Gasteiger partial charge in [-0.05, 0) is 50.2 Å². The van der Waals surface area contributed by atoms with Gasteiger partial charge in [-0.3, -0.25) is 14.4 Å². The van der Waals surface area contributed by atoms with Gasteiger partial charge in [-0.25, -0.2) is 0 Å². The number of nitrogens with zero attached hydrogens (tertiary/aromatic N) is 2. The fraction of sp³-hybridized carbons (Fsp3) is 0.609. The molecule has 6 nitrogen and oxygen atoms in total. The van der Waals surface area contributed by atoms with E-state index in [1.807, 2.05) is 23.1 Å². The number of carbonyl (C=O) groups is 3. The Labute approximate surface area is 173 Å². The van der Waals surface area contributed by atoms with Crippen LogP contribution in [-0.4, -0.2) is 59.2 Å². The number of carbonyl (C=O) groups excluding carboxylic acids is 3. The fourth-order valence-corrected chi connectivity index (χ4v) is 4.24. The highest BCUT2D eigenvalue weighted by molar-refractivity contribution is 5.97. The Hall–Kier alpha value is -2.37. The summed E-state index contributed by atoms with van der Waals surface area (Å²) in [4.78, 5) is 41.8. The van der Waals surface area contributed by atoms with Crippen LogP contribution in [0.1, 0.15) is 62.7 Å². The lowest BCUT2D eigenvalue weighted by Crippen LogP contribution is -2.55. The first kappa shape index (κ1) is 21.3. The van der Waals surface area contributed by atoms with Gasteiger partial charge in [-0.15, -0.1) is 0 Å². The van der Waals surface area contributed by atoms with Gasteiger partial charge >= 0.3 is 0 Å². The van der Waals surface area contributed by atoms with Crippen molar-refractivity contribution in [1.82, 2.24) is 15.1 Å². The highest BCUT2D eigenvalue weighted by Gasteiger charge is 2.34. The van der Waals surface area contributed by atoms with Gasteiger partial charge in [0.15, 0.2) is 0 Å². The summed E-state index contributed by atoms with van der Waals surface area (Å²) >= 11 is 0. The van der Waals surface area contributed by atoms with Crippen LogP contribution in [0.15, 0.2) is 30.3 Å². The van der Waals surface area contributed by atoms with Gasteiger partial charge in [-0.1, -0.05) is 32.0 Å². The number of nitrogens with one attached hydrogen (secondary N) is 1. The first-order valence-corrected chi connectivity index (χ1v) is 10.9. The molecule has 1 aromatic carbocycles. The second-order valence-electron chi connectivity index (χ2n) is 8.64. The Morgan fingerprint density at radius 2 is 1.69 bits per heavy atom. The molecule has 0 spiro atoms. The Balaban J connectivity index is 1.55. The van der Waals surface area contributed by atoms with Gasteiger partial charge in [0, 0.05) is 37.7 Å². The molecule has 6 heteroatoms. The predicted molar refractivity (Wildman–Crippen MR) is 112 cm³/mol. The van der Waals surface area contributed by atoms with Gasteiger partial charge in [-0.2, -0.15) is 0 Å². The van der Waals surface area contributed by atoms with Crippen LogP contribution < -0.4 is 5.32 Å². The minimum Gasteiger partial charge on any atom is -0.351 e. The van der Waals surface area contributed by atoms with E-state index in [1.54, 1.807) is 17.0 Å². The highest BCUT2D eigenvalue weighted by atomic mass is 16.2. The van der Waals surface area contributed by atoms with Gasteiger partial charge in [0.25, 0.3) is 5.91 Å². The van der Waals surface area contributed by atoms with Crippen LogP contribution in [0.4, 0.5) is 0 Å². The molecule has 3 rings (SSSR count). The molecule has 2 fully saturated rings. The monoisotopic (exact) mass is 399 g/mol. The summed E-state index contributed by atoms with van der Waals surface area (Å²) in [5, 5.41) is 3.15. The van der Waals surface area contributed by atoms with Gasteiger partial charge in [0.05, 0.1) is 0 Å². The molecular formula is C23H33N3O3. The third kappa shape index (κ3) is 5.58. The number of benzene rings is 1. The van der Waals surface area contributed by atoms with Crippen molar-refractivity contribution >= 4 is 17.7 Å². The average molecular weight is 400 g/mol. The molecule has 0 aliphatic carbocycles. The molecule has 29 heavy (non-hydrogen) atoms. The average Bonchev–Trinajstić information content (AvgIpc) is 2.74. The molecule has 1 unspecified atom stereocenters. The van der Waals surface area contributed by atoms with E-state index in [0.717, 1.165) is 25.7 Å². The van der Waals surface area contributed by atoms with Crippen molar-refractivity contribution in [2.45, 2.75) is 64.5 Å². The Morgan fingerprint density at radius 3 is 2.34 bits per heavy atom. The molecule has 0 bridgehead atoms. The molecule has 2 aliphatic rings. The Bertz CT molecular complexity index is 711. The molecule has 2 saturated heterocycles. The second kappa shape index (κ2) is 9.90. The van der Waals surface area contributed by atoms with Crippen molar-refractivity contribution in [2.24, 2.45) is 5.92 Å². The zero-order valence-corrected chi connectivity index (χ0v) is 17.6. The number of hydrogen-bond donors (Lipinski definition) is 1. The van der Waals surface area contributed by atoms with E-state index < -0.39 is 6.04 Å². The molecule has 3 amide bonds. The maximum absolute atomic E-state index is 13.0. The van der Waals surface area contributed by atoms with Crippen molar-refractivity contribution in [3.8, 4) is 0 Å². The zero-order valence-electron chi connectivity index (χ0n) is 17.6. The molecule has 1 atom stereocenters. The van der Waals surface area contributed by atoms with Crippen molar-refractivity contribution in [3.63, 3.8) is 0 Å². The van der Waals surface area contributed by atoms with Crippen molar-refractivity contribution in [1.29, 1.82) is 0 Å². The largest absolute Gasteiger partial charge is 0.351 e. The first-order valence-electron chi connectivity index (χ1n) is 10.9. The summed E-state index contributed by atoms with van der Waals surface area (Å²) < 4.78 is 0. The number of rotatable bonds is 5. The van der Waals surface area contributed by atoms with Crippen LogP contribution in [0.3, 0.4) is 0 Å². The molecule has 1 aromatic rings. The smallest absolute Gasteiger partial charge is 0.254 e. The minimum atomic E-state index is -0.406. The van der Waals surface area contributed by atoms with Crippen LogP contribution in [-0.2, 0) is 9.59 Å². The van der Waals surface area contributed by atoms with E-state index in [4.69, 9.17) is 0 Å². The molecule has 2 aliphatic heterocycles. The van der Waals surface area contributed by atoms with E-state index in [-0.39, 0.29) is 23.8 Å². The van der Waals surface area contributed by atoms with Gasteiger partial charge in [0.1, 0.15) is 6.04 Å². The molecule has 2 heterocycles. The van der Waals surface area contributed by atoms with E-state index in [0.29, 0.717) is 44.0 Å². The Morgan fingerprint density at radius 1 is 1.00 bits per heavy atom. The van der Waals surface area contributed by atoms with Crippen LogP contribution in [0.5, 0.6) is 0 Å². The normalized spacial score (nSPS) is 20.6. The summed E-state index contributed by atoms with van der Waals surface area (Å²) in [6.45, 7) is 6.10. The first-order chi connectivity index (χ1) is 14.0. The van der Waals surface area contributed by atoms with Gasteiger partial charge < -0.3 is 15.1 Å². The SMILES string of the molecule is CC(C)CC(=O)N1CCC(NC(=O)C2CCCCN2C(=O)c2ccccc2)CC1. The molecular weight excluding hydrogens is 366 g/mol. The minimum absolute atomic E-state index is 0.0547. The standard InChI is InChI=1S/C23H33N3O3/c1-17(2)16-21(27)25-14-11-19(12-15-25)24-22(28)20-10-6-7-13-26(20)23(29)18-8-4-3-5-9-18/h3-5,8-9,17,19-20H,6-7,10-16H2,1-2H3,(H,24,28). The summed E-state index contributed by atoms with van der Waals surface area (Å²) in [6, 6.07) is 8.85. The van der Waals surface area contributed by atoms with Crippen molar-refractivity contribution in [3.05, 3.63) is 35.9 Å². The maximum atomic E-state index is 13.0. The number of hydrogen-bond acceptors (Lipinski definition) is 3. The van der Waals surface area contributed by atoms with Gasteiger partial charge in [0.2, 0.25) is 11.8 Å². The van der Waals surface area contributed by atoms with Crippen LogP contribution in [0.2, 0.25) is 0 Å². The lowest BCUT2D eigenvalue weighted by atomic mass is 9.98. The molecule has 158 valence electrons. The number of amides is 3. The molecule has 1 N–H and O–H groups in total. The lowest BCUT2D eigenvalue weighted by Gasteiger charge is -2.37.